The summed E-state index contributed by atoms with van der Waals surface area (Å²) in [4.78, 5) is 20.4. The van der Waals surface area contributed by atoms with E-state index >= 15 is 0 Å². The average Bonchev–Trinajstić information content (AvgIpc) is 3.05. The number of hydroxylamine groups is 1. The van der Waals surface area contributed by atoms with Gasteiger partial charge in [0.2, 0.25) is 5.91 Å². The number of piperazine rings is 1. The molecule has 3 unspecified atom stereocenters. The molecule has 1 saturated carbocycles. The van der Waals surface area contributed by atoms with Gasteiger partial charge in [-0.05, 0) is 11.8 Å². The van der Waals surface area contributed by atoms with E-state index in [1.54, 1.807) is 0 Å². The number of likely N-dealkylation sites (tertiary alicyclic amines) is 1. The van der Waals surface area contributed by atoms with E-state index in [-0.39, 0.29) is 18.1 Å². The van der Waals surface area contributed by atoms with Crippen LogP contribution in [-0.4, -0.2) is 61.7 Å². The summed E-state index contributed by atoms with van der Waals surface area (Å²) in [7, 11) is 0. The molecule has 0 aromatic carbocycles. The number of rotatable bonds is 3. The van der Waals surface area contributed by atoms with Gasteiger partial charge in [-0.15, -0.1) is 0 Å². The van der Waals surface area contributed by atoms with Crippen LogP contribution in [0.5, 0.6) is 0 Å². The summed E-state index contributed by atoms with van der Waals surface area (Å²) in [6.07, 6.45) is 7.80. The molecule has 0 radical (unpaired) electrons. The fourth-order valence-electron chi connectivity index (χ4n) is 4.65. The van der Waals surface area contributed by atoms with Gasteiger partial charge in [0.1, 0.15) is 6.04 Å². The maximum absolute atomic E-state index is 12.6. The van der Waals surface area contributed by atoms with Crippen LogP contribution in [0.2, 0.25) is 0 Å². The van der Waals surface area contributed by atoms with Crippen LogP contribution >= 0.6 is 0 Å². The lowest BCUT2D eigenvalue weighted by atomic mass is 9.76. The van der Waals surface area contributed by atoms with Crippen molar-refractivity contribution in [3.63, 3.8) is 0 Å². The Morgan fingerprint density at radius 3 is 2.61 bits per heavy atom. The zero-order valence-corrected chi connectivity index (χ0v) is 13.9. The van der Waals surface area contributed by atoms with E-state index in [2.05, 4.69) is 16.1 Å². The molecule has 0 spiro atoms. The molecule has 1 aliphatic carbocycles. The van der Waals surface area contributed by atoms with Gasteiger partial charge in [-0.3, -0.25) is 9.63 Å². The molecular weight excluding hydrogens is 292 g/mol. The summed E-state index contributed by atoms with van der Waals surface area (Å²) in [5.41, 5.74) is 2.99. The van der Waals surface area contributed by atoms with Crippen molar-refractivity contribution in [3.05, 3.63) is 0 Å². The molecule has 3 heterocycles. The molecule has 0 aromatic rings. The van der Waals surface area contributed by atoms with Crippen LogP contribution in [0.25, 0.3) is 0 Å². The van der Waals surface area contributed by atoms with Crippen LogP contribution in [0.4, 0.5) is 0 Å². The lowest BCUT2D eigenvalue weighted by Gasteiger charge is -2.45. The Kier molecular flexibility index (Phi) is 4.85. The van der Waals surface area contributed by atoms with Crippen molar-refractivity contribution >= 4 is 5.91 Å². The molecule has 0 aromatic heterocycles. The van der Waals surface area contributed by atoms with Crippen molar-refractivity contribution in [3.8, 4) is 0 Å². The van der Waals surface area contributed by atoms with Gasteiger partial charge in [-0.2, -0.15) is 5.48 Å². The first-order valence-electron chi connectivity index (χ1n) is 9.45. The third kappa shape index (κ3) is 3.40. The molecule has 23 heavy (non-hydrogen) atoms. The van der Waals surface area contributed by atoms with Crippen LogP contribution in [0, 0.1) is 11.8 Å². The predicted molar refractivity (Wildman–Crippen MR) is 87.7 cm³/mol. The maximum atomic E-state index is 12.6. The molecule has 3 saturated heterocycles. The lowest BCUT2D eigenvalue weighted by Crippen LogP contribution is -2.57. The van der Waals surface area contributed by atoms with Gasteiger partial charge in [0.15, 0.2) is 0 Å². The molecule has 4 fully saturated rings. The summed E-state index contributed by atoms with van der Waals surface area (Å²) in [6.45, 7) is 4.83. The topological polar surface area (TPSA) is 65.6 Å². The fraction of sp³-hybridized carbons (Fsp3) is 0.941. The second kappa shape index (κ2) is 7.05. The van der Waals surface area contributed by atoms with E-state index < -0.39 is 0 Å². The Labute approximate surface area is 138 Å². The van der Waals surface area contributed by atoms with Crippen LogP contribution in [-0.2, 0) is 9.63 Å². The number of amides is 1. The number of hydrogen-bond donors (Lipinski definition) is 3. The van der Waals surface area contributed by atoms with Gasteiger partial charge in [0.05, 0.1) is 6.10 Å². The quantitative estimate of drug-likeness (QED) is 0.695. The Balaban J connectivity index is 1.23. The predicted octanol–water partition coefficient (Wildman–Crippen LogP) is 0.249. The standard InChI is InChI=1S/C17H30N4O2/c22-17(21-10-13(11-21)12-4-2-1-3-5-12)14-8-16(23-20-14)15-9-18-6-7-19-15/h12-16,18-20H,1-11H2. The van der Waals surface area contributed by atoms with Gasteiger partial charge < -0.3 is 15.5 Å². The van der Waals surface area contributed by atoms with E-state index in [4.69, 9.17) is 4.84 Å². The number of carbonyl (C=O) groups is 1. The molecule has 6 nitrogen and oxygen atoms in total. The van der Waals surface area contributed by atoms with Gasteiger partial charge in [-0.25, -0.2) is 0 Å². The Hall–Kier alpha value is -0.690. The number of carbonyl (C=O) groups excluding carboxylic acids is 1. The highest BCUT2D eigenvalue weighted by Crippen LogP contribution is 2.35. The van der Waals surface area contributed by atoms with Crippen molar-refractivity contribution in [2.75, 3.05) is 32.7 Å². The van der Waals surface area contributed by atoms with Crippen LogP contribution in [0.15, 0.2) is 0 Å². The van der Waals surface area contributed by atoms with Crippen LogP contribution in [0.3, 0.4) is 0 Å². The van der Waals surface area contributed by atoms with Gasteiger partial charge >= 0.3 is 0 Å². The second-order valence-electron chi connectivity index (χ2n) is 7.73. The van der Waals surface area contributed by atoms with Crippen molar-refractivity contribution in [1.82, 2.24) is 21.0 Å². The molecule has 4 aliphatic rings. The minimum Gasteiger partial charge on any atom is -0.341 e. The molecular formula is C17H30N4O2. The largest absolute Gasteiger partial charge is 0.341 e. The monoisotopic (exact) mass is 322 g/mol. The Morgan fingerprint density at radius 1 is 1.04 bits per heavy atom. The summed E-state index contributed by atoms with van der Waals surface area (Å²) in [6, 6.07) is 0.150. The van der Waals surface area contributed by atoms with Crippen LogP contribution < -0.4 is 16.1 Å². The SMILES string of the molecule is O=C(C1CC(C2CNCCN2)ON1)N1CC(C2CCCCC2)C1. The van der Waals surface area contributed by atoms with Gasteiger partial charge in [-0.1, -0.05) is 32.1 Å². The smallest absolute Gasteiger partial charge is 0.242 e. The van der Waals surface area contributed by atoms with Crippen LogP contribution in [0.1, 0.15) is 38.5 Å². The third-order valence-electron chi connectivity index (χ3n) is 6.19. The normalized spacial score (nSPS) is 36.9. The second-order valence-corrected chi connectivity index (χ2v) is 7.73. The summed E-state index contributed by atoms with van der Waals surface area (Å²) < 4.78 is 0. The van der Waals surface area contributed by atoms with E-state index in [0.29, 0.717) is 6.04 Å². The number of nitrogens with zero attached hydrogens (tertiary/aromatic N) is 1. The fourth-order valence-corrected chi connectivity index (χ4v) is 4.65. The minimum atomic E-state index is -0.156. The molecule has 0 bridgehead atoms. The molecule has 4 rings (SSSR count). The molecule has 1 amide bonds. The third-order valence-corrected chi connectivity index (χ3v) is 6.19. The molecule has 3 aliphatic heterocycles. The van der Waals surface area contributed by atoms with Crippen molar-refractivity contribution < 1.29 is 9.63 Å². The first kappa shape index (κ1) is 15.8. The van der Waals surface area contributed by atoms with Crippen molar-refractivity contribution in [2.45, 2.75) is 56.7 Å². The van der Waals surface area contributed by atoms with E-state index in [9.17, 15) is 4.79 Å². The first-order chi connectivity index (χ1) is 11.3. The van der Waals surface area contributed by atoms with E-state index in [1.165, 1.54) is 32.1 Å². The zero-order chi connectivity index (χ0) is 15.6. The number of hydrogen-bond acceptors (Lipinski definition) is 5. The summed E-state index contributed by atoms with van der Waals surface area (Å²) >= 11 is 0. The molecule has 3 N–H and O–H groups in total. The maximum Gasteiger partial charge on any atom is 0.242 e. The highest BCUT2D eigenvalue weighted by molar-refractivity contribution is 5.82. The zero-order valence-electron chi connectivity index (χ0n) is 13.9. The molecule has 3 atom stereocenters. The lowest BCUT2D eigenvalue weighted by molar-refractivity contribution is -0.142. The first-order valence-corrected chi connectivity index (χ1v) is 9.45. The summed E-state index contributed by atoms with van der Waals surface area (Å²) in [5.74, 6) is 1.86. The Morgan fingerprint density at radius 2 is 1.87 bits per heavy atom. The highest BCUT2D eigenvalue weighted by Gasteiger charge is 2.42. The van der Waals surface area contributed by atoms with Crippen molar-refractivity contribution in [1.29, 1.82) is 0 Å². The molecule has 130 valence electrons. The average molecular weight is 322 g/mol. The Bertz CT molecular complexity index is 415. The molecule has 6 heteroatoms. The van der Waals surface area contributed by atoms with Gasteiger partial charge in [0.25, 0.3) is 0 Å². The minimum absolute atomic E-state index is 0.0900. The van der Waals surface area contributed by atoms with E-state index in [0.717, 1.165) is 51.0 Å². The number of nitrogens with one attached hydrogen (secondary N) is 3. The highest BCUT2D eigenvalue weighted by atomic mass is 16.7. The van der Waals surface area contributed by atoms with Crippen molar-refractivity contribution in [2.24, 2.45) is 11.8 Å². The van der Waals surface area contributed by atoms with E-state index in [1.807, 2.05) is 4.90 Å². The van der Waals surface area contributed by atoms with Gasteiger partial charge in [0, 0.05) is 45.2 Å². The summed E-state index contributed by atoms with van der Waals surface area (Å²) in [5, 5.41) is 6.85.